The summed E-state index contributed by atoms with van der Waals surface area (Å²) >= 11 is 0. The zero-order valence-corrected chi connectivity index (χ0v) is 20.8. The molecule has 7 heteroatoms. The van der Waals surface area contributed by atoms with Crippen LogP contribution in [0, 0.1) is 0 Å². The Morgan fingerprint density at radius 2 is 1.06 bits per heavy atom. The number of carboxylic acid groups (broad SMARTS) is 3. The fourth-order valence-electron chi connectivity index (χ4n) is 4.36. The van der Waals surface area contributed by atoms with Gasteiger partial charge in [0.05, 0.1) is 39.0 Å². The molecule has 0 saturated carbocycles. The molecule has 2 N–H and O–H groups in total. The SMILES string of the molecule is CCCCCCCCC/C=C/CCC[N+](CCCC(=O)[O-])(CCCC(=O)O)CCCC(=O)O. The van der Waals surface area contributed by atoms with Crippen molar-refractivity contribution in [1.82, 2.24) is 0 Å². The number of nitrogens with zero attached hydrogens (tertiary/aromatic N) is 1. The highest BCUT2D eigenvalue weighted by atomic mass is 16.4. The summed E-state index contributed by atoms with van der Waals surface area (Å²) in [5.41, 5.74) is 0. The first-order valence-corrected chi connectivity index (χ1v) is 12.9. The summed E-state index contributed by atoms with van der Waals surface area (Å²) in [6.07, 6.45) is 18.0. The van der Waals surface area contributed by atoms with Crippen LogP contribution in [0.5, 0.6) is 0 Å². The Bertz CT molecular complexity index is 511. The van der Waals surface area contributed by atoms with Crippen LogP contribution in [0.2, 0.25) is 0 Å². The summed E-state index contributed by atoms with van der Waals surface area (Å²) in [6, 6.07) is 0. The van der Waals surface area contributed by atoms with Crippen molar-refractivity contribution in [2.75, 3.05) is 26.2 Å². The third-order valence-electron chi connectivity index (χ3n) is 6.20. The van der Waals surface area contributed by atoms with Gasteiger partial charge in [-0.25, -0.2) is 0 Å². The second-order valence-electron chi connectivity index (χ2n) is 9.23. The lowest BCUT2D eigenvalue weighted by Crippen LogP contribution is -2.51. The Labute approximate surface area is 200 Å². The van der Waals surface area contributed by atoms with Crippen LogP contribution >= 0.6 is 0 Å². The number of unbranched alkanes of at least 4 members (excludes halogenated alkanes) is 8. The molecule has 0 fully saturated rings. The maximum atomic E-state index is 11.0. The number of carbonyl (C=O) groups is 3. The van der Waals surface area contributed by atoms with E-state index in [0.29, 0.717) is 43.4 Å². The molecule has 192 valence electrons. The topological polar surface area (TPSA) is 115 Å². The minimum Gasteiger partial charge on any atom is -0.550 e. The Kier molecular flexibility index (Phi) is 19.5. The largest absolute Gasteiger partial charge is 0.550 e. The smallest absolute Gasteiger partial charge is 0.303 e. The van der Waals surface area contributed by atoms with E-state index in [-0.39, 0.29) is 19.3 Å². The molecule has 0 atom stereocenters. The molecule has 0 rings (SSSR count). The summed E-state index contributed by atoms with van der Waals surface area (Å²) in [7, 11) is 0. The molecule has 0 radical (unpaired) electrons. The molecule has 0 aliphatic rings. The van der Waals surface area contributed by atoms with Gasteiger partial charge in [-0.1, -0.05) is 57.6 Å². The average molecular weight is 470 g/mol. The standard InChI is InChI=1S/C26H47NO6/c1-2-3-4-5-6-7-8-9-10-11-12-13-20-27(21-14-17-24(28)29,22-15-18-25(30)31)23-16-19-26(32)33/h10-11H,2-9,12-23H2,1H3,(H2-,28,29,30,31,32,33)/b11-10+. The first kappa shape index (κ1) is 31.1. The van der Waals surface area contributed by atoms with Crippen molar-refractivity contribution >= 4 is 17.9 Å². The summed E-state index contributed by atoms with van der Waals surface area (Å²) in [5.74, 6) is -2.78. The highest BCUT2D eigenvalue weighted by Crippen LogP contribution is 2.17. The van der Waals surface area contributed by atoms with Crippen LogP contribution in [0.4, 0.5) is 0 Å². The number of allylic oxidation sites excluding steroid dienone is 2. The fraction of sp³-hybridized carbons (Fsp3) is 0.808. The molecular formula is C26H47NO6. The van der Waals surface area contributed by atoms with Crippen molar-refractivity contribution in [1.29, 1.82) is 0 Å². The van der Waals surface area contributed by atoms with Gasteiger partial charge in [-0.2, -0.15) is 0 Å². The van der Waals surface area contributed by atoms with Gasteiger partial charge in [0.1, 0.15) is 0 Å². The molecule has 0 spiro atoms. The Morgan fingerprint density at radius 3 is 1.55 bits per heavy atom. The molecular weight excluding hydrogens is 422 g/mol. The Hall–Kier alpha value is -1.89. The van der Waals surface area contributed by atoms with Crippen molar-refractivity contribution in [2.24, 2.45) is 0 Å². The molecule has 0 bridgehead atoms. The van der Waals surface area contributed by atoms with Crippen LogP contribution in [0.15, 0.2) is 12.2 Å². The highest BCUT2D eigenvalue weighted by Gasteiger charge is 2.26. The van der Waals surface area contributed by atoms with E-state index in [1.165, 1.54) is 44.9 Å². The summed E-state index contributed by atoms with van der Waals surface area (Å²) in [4.78, 5) is 32.9. The van der Waals surface area contributed by atoms with Crippen LogP contribution in [-0.2, 0) is 14.4 Å². The summed E-state index contributed by atoms with van der Waals surface area (Å²) in [5, 5.41) is 28.9. The van der Waals surface area contributed by atoms with E-state index in [1.807, 2.05) is 0 Å². The van der Waals surface area contributed by atoms with Crippen molar-refractivity contribution in [3.05, 3.63) is 12.2 Å². The zero-order chi connectivity index (χ0) is 24.8. The molecule has 0 aliphatic heterocycles. The van der Waals surface area contributed by atoms with Gasteiger partial charge in [0.2, 0.25) is 0 Å². The number of quaternary nitrogens is 1. The van der Waals surface area contributed by atoms with E-state index >= 15 is 0 Å². The van der Waals surface area contributed by atoms with Gasteiger partial charge >= 0.3 is 11.9 Å². The van der Waals surface area contributed by atoms with Crippen LogP contribution in [0.3, 0.4) is 0 Å². The number of hydrogen-bond acceptors (Lipinski definition) is 4. The molecule has 0 unspecified atom stereocenters. The van der Waals surface area contributed by atoms with E-state index < -0.39 is 17.9 Å². The van der Waals surface area contributed by atoms with Crippen molar-refractivity contribution in [2.45, 2.75) is 110 Å². The third kappa shape index (κ3) is 20.4. The second-order valence-corrected chi connectivity index (χ2v) is 9.23. The van der Waals surface area contributed by atoms with Crippen LogP contribution < -0.4 is 5.11 Å². The predicted molar refractivity (Wildman–Crippen MR) is 129 cm³/mol. The molecule has 0 aromatic rings. The molecule has 0 aromatic heterocycles. The molecule has 7 nitrogen and oxygen atoms in total. The Balaban J connectivity index is 4.60. The highest BCUT2D eigenvalue weighted by molar-refractivity contribution is 5.66. The van der Waals surface area contributed by atoms with Crippen LogP contribution in [0.25, 0.3) is 0 Å². The number of hydrogen-bond donors (Lipinski definition) is 2. The van der Waals surface area contributed by atoms with Crippen LogP contribution in [0.1, 0.15) is 110 Å². The number of carboxylic acids is 3. The van der Waals surface area contributed by atoms with E-state index in [0.717, 1.165) is 25.8 Å². The minimum absolute atomic E-state index is 0.0315. The van der Waals surface area contributed by atoms with E-state index in [9.17, 15) is 19.5 Å². The predicted octanol–water partition coefficient (Wildman–Crippen LogP) is 4.54. The van der Waals surface area contributed by atoms with Gasteiger partial charge in [-0.3, -0.25) is 9.59 Å². The lowest BCUT2D eigenvalue weighted by molar-refractivity contribution is -0.928. The molecule has 33 heavy (non-hydrogen) atoms. The van der Waals surface area contributed by atoms with Crippen molar-refractivity contribution in [3.8, 4) is 0 Å². The van der Waals surface area contributed by atoms with Crippen molar-refractivity contribution in [3.63, 3.8) is 0 Å². The molecule has 0 saturated heterocycles. The zero-order valence-electron chi connectivity index (χ0n) is 20.8. The summed E-state index contributed by atoms with van der Waals surface area (Å²) in [6.45, 7) is 4.89. The maximum Gasteiger partial charge on any atom is 0.303 e. The fourth-order valence-corrected chi connectivity index (χ4v) is 4.36. The third-order valence-corrected chi connectivity index (χ3v) is 6.20. The number of rotatable bonds is 24. The van der Waals surface area contributed by atoms with Gasteiger partial charge < -0.3 is 24.6 Å². The number of carbonyl (C=O) groups excluding carboxylic acids is 1. The normalized spacial score (nSPS) is 11.8. The summed E-state index contributed by atoms with van der Waals surface area (Å²) < 4.78 is 0.583. The second kappa shape index (κ2) is 20.7. The maximum absolute atomic E-state index is 11.0. The van der Waals surface area contributed by atoms with Gasteiger partial charge in [0.25, 0.3) is 0 Å². The lowest BCUT2D eigenvalue weighted by atomic mass is 10.1. The average Bonchev–Trinajstić information content (AvgIpc) is 2.73. The first-order chi connectivity index (χ1) is 15.8. The van der Waals surface area contributed by atoms with E-state index in [4.69, 9.17) is 10.2 Å². The molecule has 0 heterocycles. The molecule has 0 amide bonds. The molecule has 0 aromatic carbocycles. The van der Waals surface area contributed by atoms with Crippen LogP contribution in [-0.4, -0.2) is 58.8 Å². The number of aliphatic carboxylic acids is 3. The lowest BCUT2D eigenvalue weighted by Gasteiger charge is -2.39. The molecule has 0 aliphatic carbocycles. The van der Waals surface area contributed by atoms with E-state index in [2.05, 4.69) is 19.1 Å². The monoisotopic (exact) mass is 469 g/mol. The van der Waals surface area contributed by atoms with E-state index in [1.54, 1.807) is 0 Å². The van der Waals surface area contributed by atoms with Gasteiger partial charge in [-0.05, 0) is 25.7 Å². The van der Waals surface area contributed by atoms with Crippen molar-refractivity contribution < 1.29 is 34.2 Å². The quantitative estimate of drug-likeness (QED) is 0.122. The minimum atomic E-state index is -1.09. The first-order valence-electron chi connectivity index (χ1n) is 12.9. The van der Waals surface area contributed by atoms with Gasteiger partial charge in [0, 0.05) is 31.7 Å². The Morgan fingerprint density at radius 1 is 0.636 bits per heavy atom. The van der Waals surface area contributed by atoms with Gasteiger partial charge in [0.15, 0.2) is 0 Å². The van der Waals surface area contributed by atoms with Gasteiger partial charge in [-0.15, -0.1) is 0 Å².